The highest BCUT2D eigenvalue weighted by Gasteiger charge is 2.32. The number of rotatable bonds is 2. The Hall–Kier alpha value is -2.86. The van der Waals surface area contributed by atoms with Crippen LogP contribution in [0.25, 0.3) is 0 Å². The highest BCUT2D eigenvalue weighted by Crippen LogP contribution is 2.41. The number of Topliss-reactive ketones (excluding diaryl/α,β-unsaturated/α-hetero) is 1. The van der Waals surface area contributed by atoms with Crippen LogP contribution in [0.2, 0.25) is 0 Å². The highest BCUT2D eigenvalue weighted by atomic mass is 16.7. The number of fused-ring (bicyclic) bond motifs is 2. The predicted molar refractivity (Wildman–Crippen MR) is 87.2 cm³/mol. The largest absolute Gasteiger partial charge is 0.484 e. The first-order valence-electron chi connectivity index (χ1n) is 7.94. The molecule has 4 rings (SSSR count). The molecule has 1 unspecified atom stereocenters. The zero-order valence-electron chi connectivity index (χ0n) is 13.6. The van der Waals surface area contributed by atoms with Crippen LogP contribution in [0, 0.1) is 6.92 Å². The van der Waals surface area contributed by atoms with Crippen LogP contribution in [-0.4, -0.2) is 23.7 Å². The van der Waals surface area contributed by atoms with E-state index in [-0.39, 0.29) is 31.2 Å². The molecule has 0 fully saturated rings. The molecule has 0 saturated carbocycles. The van der Waals surface area contributed by atoms with Crippen molar-refractivity contribution in [3.8, 4) is 11.5 Å². The fourth-order valence-corrected chi connectivity index (χ4v) is 3.22. The summed E-state index contributed by atoms with van der Waals surface area (Å²) in [6.07, 6.45) is -0.454. The van der Waals surface area contributed by atoms with Crippen LogP contribution in [0.1, 0.15) is 49.9 Å². The quantitative estimate of drug-likeness (QED) is 0.903. The standard InChI is InChI=1S/C19H16O6/c1-10-2-3-16-13(4-10)15(20)7-17(25-16)14-6-11(19(21)22)5-12-8-23-9-24-18(12)14/h2-6,17H,7-9H2,1H3,(H,21,22). The Kier molecular flexibility index (Phi) is 3.69. The lowest BCUT2D eigenvalue weighted by molar-refractivity contribution is -0.0184. The van der Waals surface area contributed by atoms with Crippen LogP contribution < -0.4 is 9.47 Å². The van der Waals surface area contributed by atoms with Gasteiger partial charge in [0.1, 0.15) is 17.6 Å². The number of ether oxygens (including phenoxy) is 3. The second kappa shape index (κ2) is 5.89. The summed E-state index contributed by atoms with van der Waals surface area (Å²) in [6.45, 7) is 2.27. The topological polar surface area (TPSA) is 82.1 Å². The van der Waals surface area contributed by atoms with Crippen molar-refractivity contribution in [1.29, 1.82) is 0 Å². The van der Waals surface area contributed by atoms with Crippen LogP contribution in [0.15, 0.2) is 30.3 Å². The van der Waals surface area contributed by atoms with E-state index in [0.29, 0.717) is 28.2 Å². The molecule has 2 aromatic rings. The van der Waals surface area contributed by atoms with Crippen molar-refractivity contribution in [2.45, 2.75) is 26.1 Å². The molecule has 0 aromatic heterocycles. The molecular formula is C19H16O6. The number of carboxylic acids is 1. The van der Waals surface area contributed by atoms with Gasteiger partial charge in [0, 0.05) is 11.1 Å². The number of aromatic carboxylic acids is 1. The lowest BCUT2D eigenvalue weighted by Gasteiger charge is -2.29. The summed E-state index contributed by atoms with van der Waals surface area (Å²) < 4.78 is 16.8. The Labute approximate surface area is 143 Å². The molecule has 1 atom stereocenters. The molecule has 0 amide bonds. The molecule has 0 radical (unpaired) electrons. The van der Waals surface area contributed by atoms with E-state index in [1.54, 1.807) is 12.1 Å². The summed E-state index contributed by atoms with van der Waals surface area (Å²) in [7, 11) is 0. The summed E-state index contributed by atoms with van der Waals surface area (Å²) in [4.78, 5) is 24.0. The van der Waals surface area contributed by atoms with Crippen LogP contribution in [0.3, 0.4) is 0 Å². The minimum absolute atomic E-state index is 0.0310. The Bertz CT molecular complexity index is 886. The van der Waals surface area contributed by atoms with Crippen molar-refractivity contribution in [2.75, 3.05) is 6.79 Å². The Morgan fingerprint density at radius 3 is 2.88 bits per heavy atom. The van der Waals surface area contributed by atoms with Crippen LogP contribution in [0.5, 0.6) is 11.5 Å². The molecule has 2 aliphatic heterocycles. The summed E-state index contributed by atoms with van der Waals surface area (Å²) in [6, 6.07) is 8.50. The van der Waals surface area contributed by atoms with Gasteiger partial charge in [-0.3, -0.25) is 4.79 Å². The summed E-state index contributed by atoms with van der Waals surface area (Å²) in [5.41, 5.74) is 2.88. The lowest BCUT2D eigenvalue weighted by atomic mass is 9.92. The minimum atomic E-state index is -1.05. The maximum atomic E-state index is 12.5. The molecule has 128 valence electrons. The number of carbonyl (C=O) groups excluding carboxylic acids is 1. The van der Waals surface area contributed by atoms with Crippen molar-refractivity contribution in [3.05, 3.63) is 58.1 Å². The van der Waals surface area contributed by atoms with Gasteiger partial charge < -0.3 is 19.3 Å². The zero-order valence-corrected chi connectivity index (χ0v) is 13.6. The first kappa shape index (κ1) is 15.7. The first-order valence-corrected chi connectivity index (χ1v) is 7.94. The van der Waals surface area contributed by atoms with Gasteiger partial charge in [-0.05, 0) is 31.2 Å². The van der Waals surface area contributed by atoms with E-state index in [4.69, 9.17) is 14.2 Å². The number of ketones is 1. The third-order valence-corrected chi connectivity index (χ3v) is 4.41. The van der Waals surface area contributed by atoms with E-state index in [0.717, 1.165) is 5.56 Å². The average molecular weight is 340 g/mol. The number of benzene rings is 2. The van der Waals surface area contributed by atoms with Crippen molar-refractivity contribution in [3.63, 3.8) is 0 Å². The lowest BCUT2D eigenvalue weighted by Crippen LogP contribution is -2.23. The molecule has 2 aromatic carbocycles. The Morgan fingerprint density at radius 1 is 1.24 bits per heavy atom. The van der Waals surface area contributed by atoms with Crippen LogP contribution in [0.4, 0.5) is 0 Å². The van der Waals surface area contributed by atoms with Gasteiger partial charge in [-0.2, -0.15) is 0 Å². The Morgan fingerprint density at radius 2 is 2.08 bits per heavy atom. The van der Waals surface area contributed by atoms with Gasteiger partial charge in [-0.1, -0.05) is 11.6 Å². The zero-order chi connectivity index (χ0) is 17.6. The van der Waals surface area contributed by atoms with Gasteiger partial charge in [-0.25, -0.2) is 4.79 Å². The molecule has 1 N–H and O–H groups in total. The van der Waals surface area contributed by atoms with Crippen molar-refractivity contribution in [1.82, 2.24) is 0 Å². The van der Waals surface area contributed by atoms with Gasteiger partial charge in [-0.15, -0.1) is 0 Å². The summed E-state index contributed by atoms with van der Waals surface area (Å²) in [5.74, 6) is -0.0257. The van der Waals surface area contributed by atoms with Crippen molar-refractivity contribution < 1.29 is 28.9 Å². The number of aryl methyl sites for hydroxylation is 1. The molecule has 0 bridgehead atoms. The van der Waals surface area contributed by atoms with Gasteiger partial charge in [0.25, 0.3) is 0 Å². The predicted octanol–water partition coefficient (Wildman–Crippen LogP) is 3.27. The normalized spacial score (nSPS) is 18.6. The second-order valence-electron chi connectivity index (χ2n) is 6.20. The van der Waals surface area contributed by atoms with Crippen molar-refractivity contribution in [2.24, 2.45) is 0 Å². The second-order valence-corrected chi connectivity index (χ2v) is 6.20. The molecule has 2 aliphatic rings. The van der Waals surface area contributed by atoms with E-state index in [2.05, 4.69) is 0 Å². The highest BCUT2D eigenvalue weighted by molar-refractivity contribution is 6.00. The first-order chi connectivity index (χ1) is 12.0. The van der Waals surface area contributed by atoms with Gasteiger partial charge in [0.15, 0.2) is 12.6 Å². The third kappa shape index (κ3) is 2.74. The fraction of sp³-hybridized carbons (Fsp3) is 0.263. The van der Waals surface area contributed by atoms with E-state index >= 15 is 0 Å². The van der Waals surface area contributed by atoms with Crippen molar-refractivity contribution >= 4 is 11.8 Å². The molecule has 0 spiro atoms. The molecule has 6 heteroatoms. The molecule has 2 heterocycles. The molecule has 0 aliphatic carbocycles. The molecule has 25 heavy (non-hydrogen) atoms. The van der Waals surface area contributed by atoms with Crippen LogP contribution in [-0.2, 0) is 11.3 Å². The number of carbonyl (C=O) groups is 2. The molecule has 6 nitrogen and oxygen atoms in total. The van der Waals surface area contributed by atoms with Gasteiger partial charge in [0.2, 0.25) is 0 Å². The van der Waals surface area contributed by atoms with E-state index < -0.39 is 12.1 Å². The van der Waals surface area contributed by atoms with E-state index in [9.17, 15) is 14.7 Å². The maximum absolute atomic E-state index is 12.5. The third-order valence-electron chi connectivity index (χ3n) is 4.41. The molecule has 0 saturated heterocycles. The summed E-state index contributed by atoms with van der Waals surface area (Å²) >= 11 is 0. The van der Waals surface area contributed by atoms with Gasteiger partial charge in [0.05, 0.1) is 24.2 Å². The molecular weight excluding hydrogens is 324 g/mol. The number of hydrogen-bond acceptors (Lipinski definition) is 5. The van der Waals surface area contributed by atoms with Crippen LogP contribution >= 0.6 is 0 Å². The minimum Gasteiger partial charge on any atom is -0.484 e. The Balaban J connectivity index is 1.79. The van der Waals surface area contributed by atoms with E-state index in [1.165, 1.54) is 12.1 Å². The number of carboxylic acid groups (broad SMARTS) is 1. The smallest absolute Gasteiger partial charge is 0.335 e. The fourth-order valence-electron chi connectivity index (χ4n) is 3.22. The van der Waals surface area contributed by atoms with E-state index in [1.807, 2.05) is 13.0 Å². The SMILES string of the molecule is Cc1ccc2c(c1)C(=O)CC(c1cc(C(=O)O)cc3c1OCOC3)O2. The monoisotopic (exact) mass is 340 g/mol. The average Bonchev–Trinajstić information content (AvgIpc) is 2.61. The van der Waals surface area contributed by atoms with Gasteiger partial charge >= 0.3 is 5.97 Å². The summed E-state index contributed by atoms with van der Waals surface area (Å²) in [5, 5.41) is 9.36. The maximum Gasteiger partial charge on any atom is 0.335 e. The number of hydrogen-bond donors (Lipinski definition) is 1.